The number of carbonyl (C=O) groups excluding carboxylic acids is 3. The molecule has 130 valence electrons. The van der Waals surface area contributed by atoms with E-state index >= 15 is 0 Å². The van der Waals surface area contributed by atoms with Crippen molar-refractivity contribution in [2.75, 3.05) is 6.54 Å². The Morgan fingerprint density at radius 3 is 2.31 bits per heavy atom. The number of hydrogen-bond acceptors (Lipinski definition) is 5. The van der Waals surface area contributed by atoms with Gasteiger partial charge in [0.2, 0.25) is 4.80 Å². The Labute approximate surface area is 152 Å². The summed E-state index contributed by atoms with van der Waals surface area (Å²) in [7, 11) is 1.86. The number of para-hydroxylation sites is 1. The average molecular weight is 366 g/mol. The maximum absolute atomic E-state index is 12.3. The third kappa shape index (κ3) is 2.60. The van der Waals surface area contributed by atoms with Crippen molar-refractivity contribution in [2.24, 2.45) is 12.1 Å². The summed E-state index contributed by atoms with van der Waals surface area (Å²) < 4.78 is 2.91. The monoisotopic (exact) mass is 366 g/mol. The van der Waals surface area contributed by atoms with Gasteiger partial charge in [-0.25, -0.2) is 5.43 Å². The molecule has 2 heterocycles. The van der Waals surface area contributed by atoms with Gasteiger partial charge in [-0.15, -0.1) is 5.10 Å². The Morgan fingerprint density at radius 1 is 1.04 bits per heavy atom. The molecule has 3 amide bonds. The van der Waals surface area contributed by atoms with Crippen LogP contribution in [0.15, 0.2) is 53.6 Å². The number of benzene rings is 2. The summed E-state index contributed by atoms with van der Waals surface area (Å²) >= 11 is 1.43. The number of fused-ring (bicyclic) bond motifs is 2. The lowest BCUT2D eigenvalue weighted by Crippen LogP contribution is -2.39. The molecule has 0 radical (unpaired) electrons. The number of imide groups is 1. The van der Waals surface area contributed by atoms with E-state index in [1.165, 1.54) is 11.3 Å². The second-order valence-corrected chi connectivity index (χ2v) is 6.81. The molecule has 0 saturated heterocycles. The lowest BCUT2D eigenvalue weighted by Gasteiger charge is -2.11. The fourth-order valence-electron chi connectivity index (χ4n) is 2.86. The maximum Gasteiger partial charge on any atom is 0.262 e. The van der Waals surface area contributed by atoms with E-state index in [9.17, 15) is 14.4 Å². The molecular weight excluding hydrogens is 352 g/mol. The highest BCUT2D eigenvalue weighted by molar-refractivity contribution is 7.16. The number of carbonyl (C=O) groups is 3. The smallest absolute Gasteiger partial charge is 0.262 e. The Kier molecular flexibility index (Phi) is 3.89. The van der Waals surface area contributed by atoms with Crippen LogP contribution in [0.1, 0.15) is 20.7 Å². The van der Waals surface area contributed by atoms with E-state index in [4.69, 9.17) is 0 Å². The second kappa shape index (κ2) is 6.23. The number of amides is 3. The molecule has 0 bridgehead atoms. The van der Waals surface area contributed by atoms with Gasteiger partial charge in [0.05, 0.1) is 21.3 Å². The van der Waals surface area contributed by atoms with Crippen LogP contribution in [0.4, 0.5) is 0 Å². The summed E-state index contributed by atoms with van der Waals surface area (Å²) in [6, 6.07) is 14.3. The zero-order valence-electron chi connectivity index (χ0n) is 13.8. The molecule has 2 aromatic carbocycles. The zero-order valence-corrected chi connectivity index (χ0v) is 14.6. The topological polar surface area (TPSA) is 83.8 Å². The van der Waals surface area contributed by atoms with Crippen LogP contribution in [-0.4, -0.2) is 33.7 Å². The van der Waals surface area contributed by atoms with Gasteiger partial charge in [0.15, 0.2) is 0 Å². The molecule has 4 rings (SSSR count). The summed E-state index contributed by atoms with van der Waals surface area (Å²) in [5, 5.41) is 4.12. The van der Waals surface area contributed by atoms with Crippen LogP contribution in [0.2, 0.25) is 0 Å². The van der Waals surface area contributed by atoms with Crippen molar-refractivity contribution in [1.82, 2.24) is 14.9 Å². The van der Waals surface area contributed by atoms with Crippen molar-refractivity contribution in [1.29, 1.82) is 0 Å². The number of aromatic nitrogens is 1. The number of rotatable bonds is 3. The molecule has 3 aromatic rings. The maximum atomic E-state index is 12.3. The van der Waals surface area contributed by atoms with E-state index in [-0.39, 0.29) is 6.54 Å². The largest absolute Gasteiger partial charge is 0.318 e. The molecule has 1 N–H and O–H groups in total. The minimum atomic E-state index is -0.531. The highest BCUT2D eigenvalue weighted by Crippen LogP contribution is 2.21. The molecule has 0 spiro atoms. The lowest BCUT2D eigenvalue weighted by molar-refractivity contribution is -0.121. The van der Waals surface area contributed by atoms with Gasteiger partial charge in [0.1, 0.15) is 6.54 Å². The zero-order chi connectivity index (χ0) is 18.3. The Hall–Kier alpha value is -3.26. The lowest BCUT2D eigenvalue weighted by atomic mass is 10.1. The van der Waals surface area contributed by atoms with Crippen LogP contribution in [0.3, 0.4) is 0 Å². The molecule has 1 aromatic heterocycles. The quantitative estimate of drug-likeness (QED) is 0.563. The van der Waals surface area contributed by atoms with E-state index < -0.39 is 17.7 Å². The van der Waals surface area contributed by atoms with Gasteiger partial charge in [-0.05, 0) is 24.3 Å². The van der Waals surface area contributed by atoms with Crippen LogP contribution in [0.25, 0.3) is 10.2 Å². The van der Waals surface area contributed by atoms with Gasteiger partial charge in [0.25, 0.3) is 17.7 Å². The standard InChI is InChI=1S/C18H14N4O3S/c1-21-13-8-4-5-9-14(13)26-18(21)20-19-15(23)10-22-16(24)11-6-2-3-7-12(11)17(22)25/h2-9H,10H2,1H3,(H,19,23). The van der Waals surface area contributed by atoms with Gasteiger partial charge >= 0.3 is 0 Å². The molecule has 8 heteroatoms. The first-order chi connectivity index (χ1) is 12.6. The van der Waals surface area contributed by atoms with Crippen molar-refractivity contribution in [3.63, 3.8) is 0 Å². The fraction of sp³-hybridized carbons (Fsp3) is 0.111. The van der Waals surface area contributed by atoms with E-state index in [0.717, 1.165) is 15.1 Å². The van der Waals surface area contributed by atoms with E-state index in [2.05, 4.69) is 10.5 Å². The van der Waals surface area contributed by atoms with Gasteiger partial charge < -0.3 is 4.57 Å². The molecule has 0 fully saturated rings. The Bertz CT molecular complexity index is 1090. The van der Waals surface area contributed by atoms with Crippen molar-refractivity contribution >= 4 is 39.3 Å². The van der Waals surface area contributed by atoms with Gasteiger partial charge in [0, 0.05) is 7.05 Å². The number of hydrogen-bond donors (Lipinski definition) is 1. The van der Waals surface area contributed by atoms with Crippen LogP contribution in [0, 0.1) is 0 Å². The van der Waals surface area contributed by atoms with Crippen molar-refractivity contribution in [3.05, 3.63) is 64.5 Å². The van der Waals surface area contributed by atoms with E-state index in [1.54, 1.807) is 24.3 Å². The van der Waals surface area contributed by atoms with Gasteiger partial charge in [-0.3, -0.25) is 19.3 Å². The second-order valence-electron chi connectivity index (χ2n) is 5.80. The Morgan fingerprint density at radius 2 is 1.65 bits per heavy atom. The van der Waals surface area contributed by atoms with E-state index in [0.29, 0.717) is 15.9 Å². The van der Waals surface area contributed by atoms with Crippen molar-refractivity contribution < 1.29 is 14.4 Å². The normalized spacial score (nSPS) is 14.2. The Balaban J connectivity index is 1.52. The molecule has 26 heavy (non-hydrogen) atoms. The van der Waals surface area contributed by atoms with Crippen LogP contribution in [0.5, 0.6) is 0 Å². The first-order valence-electron chi connectivity index (χ1n) is 7.88. The molecule has 0 unspecified atom stereocenters. The molecule has 0 aliphatic carbocycles. The number of thiazole rings is 1. The molecule has 7 nitrogen and oxygen atoms in total. The fourth-order valence-corrected chi connectivity index (χ4v) is 3.84. The molecule has 1 aliphatic rings. The molecule has 1 aliphatic heterocycles. The summed E-state index contributed by atoms with van der Waals surface area (Å²) in [6.45, 7) is -0.371. The van der Waals surface area contributed by atoms with Gasteiger partial charge in [-0.2, -0.15) is 0 Å². The van der Waals surface area contributed by atoms with Crippen LogP contribution < -0.4 is 10.2 Å². The number of nitrogens with one attached hydrogen (secondary N) is 1. The molecular formula is C18H14N4O3S. The summed E-state index contributed by atoms with van der Waals surface area (Å²) in [5.41, 5.74) is 4.07. The highest BCUT2D eigenvalue weighted by Gasteiger charge is 2.36. The summed E-state index contributed by atoms with van der Waals surface area (Å²) in [4.78, 5) is 38.3. The summed E-state index contributed by atoms with van der Waals surface area (Å²) in [6.07, 6.45) is 0. The number of nitrogens with zero attached hydrogens (tertiary/aromatic N) is 3. The summed E-state index contributed by atoms with van der Waals surface area (Å²) in [5.74, 6) is -1.46. The minimum absolute atomic E-state index is 0.318. The predicted molar refractivity (Wildman–Crippen MR) is 96.3 cm³/mol. The van der Waals surface area contributed by atoms with Crippen molar-refractivity contribution in [2.45, 2.75) is 0 Å². The number of aryl methyl sites for hydroxylation is 1. The minimum Gasteiger partial charge on any atom is -0.318 e. The van der Waals surface area contributed by atoms with Crippen LogP contribution in [-0.2, 0) is 11.8 Å². The molecule has 0 saturated carbocycles. The SMILES string of the molecule is Cn1c(=NNC(=O)CN2C(=O)c3ccccc3C2=O)sc2ccccc21. The van der Waals surface area contributed by atoms with Crippen LogP contribution >= 0.6 is 11.3 Å². The predicted octanol–water partition coefficient (Wildman–Crippen LogP) is 1.47. The average Bonchev–Trinajstić information content (AvgIpc) is 3.10. The first-order valence-corrected chi connectivity index (χ1v) is 8.70. The third-order valence-corrected chi connectivity index (χ3v) is 5.28. The third-order valence-electron chi connectivity index (χ3n) is 4.17. The van der Waals surface area contributed by atoms with Gasteiger partial charge in [-0.1, -0.05) is 35.6 Å². The molecule has 0 atom stereocenters. The highest BCUT2D eigenvalue weighted by atomic mass is 32.1. The van der Waals surface area contributed by atoms with Crippen molar-refractivity contribution in [3.8, 4) is 0 Å². The first kappa shape index (κ1) is 16.2. The van der Waals surface area contributed by atoms with E-state index in [1.807, 2.05) is 35.9 Å².